The van der Waals surface area contributed by atoms with Crippen LogP contribution in [0.1, 0.15) is 50.8 Å². The van der Waals surface area contributed by atoms with Crippen LogP contribution in [0.25, 0.3) is 17.2 Å². The van der Waals surface area contributed by atoms with Crippen molar-refractivity contribution < 1.29 is 4.39 Å². The number of aliphatic imine (C=N–C) groups is 1. The molecule has 0 bridgehead atoms. The minimum Gasteiger partial charge on any atom is -0.331 e. The summed E-state index contributed by atoms with van der Waals surface area (Å²) < 4.78 is 20.0. The number of benzene rings is 1. The van der Waals surface area contributed by atoms with E-state index in [1.165, 1.54) is 10.6 Å². The first-order valence-electron chi connectivity index (χ1n) is 12.8. The van der Waals surface area contributed by atoms with E-state index in [-0.39, 0.29) is 11.5 Å². The van der Waals surface area contributed by atoms with E-state index in [9.17, 15) is 9.18 Å². The zero-order valence-electron chi connectivity index (χ0n) is 21.1. The van der Waals surface area contributed by atoms with Crippen molar-refractivity contribution in [2.24, 2.45) is 4.99 Å². The highest BCUT2D eigenvalue weighted by Crippen LogP contribution is 2.35. The fourth-order valence-corrected chi connectivity index (χ4v) is 5.01. The number of aromatic nitrogens is 7. The molecule has 1 aliphatic heterocycles. The molecule has 0 amide bonds. The number of rotatable bonds is 10. The van der Waals surface area contributed by atoms with Crippen molar-refractivity contribution >= 4 is 6.21 Å². The third kappa shape index (κ3) is 4.71. The lowest BCUT2D eigenvalue weighted by atomic mass is 9.76. The Labute approximate surface area is 214 Å². The molecule has 10 heteroatoms. The number of halogens is 1. The van der Waals surface area contributed by atoms with Crippen LogP contribution in [0.5, 0.6) is 0 Å². The number of tetrazole rings is 1. The zero-order chi connectivity index (χ0) is 25.8. The van der Waals surface area contributed by atoms with Crippen LogP contribution in [-0.2, 0) is 24.9 Å². The summed E-state index contributed by atoms with van der Waals surface area (Å²) in [6.07, 6.45) is 13.3. The highest BCUT2D eigenvalue weighted by molar-refractivity contribution is 5.65. The molecule has 0 radical (unpaired) electrons. The smallest absolute Gasteiger partial charge is 0.331 e. The van der Waals surface area contributed by atoms with Gasteiger partial charge in [0.05, 0.1) is 0 Å². The second kappa shape index (κ2) is 10.5. The highest BCUT2D eigenvalue weighted by atomic mass is 19.1. The lowest BCUT2D eigenvalue weighted by Crippen LogP contribution is -2.37. The zero-order valence-corrected chi connectivity index (χ0v) is 21.1. The fraction of sp³-hybridized carbons (Fsp3) is 0.370. The summed E-state index contributed by atoms with van der Waals surface area (Å²) in [7, 11) is 0. The van der Waals surface area contributed by atoms with E-state index < -0.39 is 11.2 Å². The van der Waals surface area contributed by atoms with E-state index in [0.29, 0.717) is 25.3 Å². The molecule has 0 spiro atoms. The number of aryl methyl sites for hydroxylation is 2. The minimum absolute atomic E-state index is 0.244. The van der Waals surface area contributed by atoms with Crippen LogP contribution in [-0.4, -0.2) is 40.5 Å². The van der Waals surface area contributed by atoms with Gasteiger partial charge in [-0.2, -0.15) is 0 Å². The number of nitrogens with one attached hydrogen (secondary N) is 1. The van der Waals surface area contributed by atoms with Gasteiger partial charge in [-0.15, -0.1) is 5.10 Å². The maximum Gasteiger partial charge on any atom is 0.334 e. The second-order valence-corrected chi connectivity index (χ2v) is 9.48. The Bertz CT molecular complexity index is 1480. The van der Waals surface area contributed by atoms with Crippen molar-refractivity contribution in [3.8, 4) is 17.2 Å². The van der Waals surface area contributed by atoms with Gasteiger partial charge in [-0.05, 0) is 53.8 Å². The summed E-state index contributed by atoms with van der Waals surface area (Å²) in [5, 5.41) is 14.3. The summed E-state index contributed by atoms with van der Waals surface area (Å²) >= 11 is 0. The Morgan fingerprint density at radius 3 is 2.81 bits per heavy atom. The highest BCUT2D eigenvalue weighted by Gasteiger charge is 2.33. The largest absolute Gasteiger partial charge is 0.334 e. The number of imidazole rings is 1. The number of unbranched alkanes of at least 4 members (excludes halogenated alkanes) is 1. The van der Waals surface area contributed by atoms with Crippen LogP contribution in [0.15, 0.2) is 64.8 Å². The van der Waals surface area contributed by atoms with Gasteiger partial charge >= 0.3 is 5.69 Å². The molecule has 0 aliphatic carbocycles. The average Bonchev–Trinajstić information content (AvgIpc) is 3.65. The molecule has 0 saturated heterocycles. The molecule has 192 valence electrons. The van der Waals surface area contributed by atoms with Crippen molar-refractivity contribution in [3.05, 3.63) is 82.6 Å². The normalized spacial score (nSPS) is 17.1. The number of allylic oxidation sites excluding steroid dienone is 1. The minimum atomic E-state index is -0.522. The van der Waals surface area contributed by atoms with E-state index in [4.69, 9.17) is 0 Å². The van der Waals surface area contributed by atoms with E-state index in [2.05, 4.69) is 44.7 Å². The number of aromatic amines is 1. The standard InChI is InChI=1S/C27H31FN8O/c1-3-5-9-22-18-35(25-23(28)10-16-34(25)15-4-2)26(37)36(22)19-27(11-13-29-14-12-27)21-8-6-7-20(17-21)24-30-32-33-31-24/h6-8,10-11,13-14,16-18H,3-5,9,12,15,19H2,1-2H3,(H,30,31,32,33). The first-order valence-corrected chi connectivity index (χ1v) is 12.8. The fourth-order valence-electron chi connectivity index (χ4n) is 5.01. The third-order valence-corrected chi connectivity index (χ3v) is 6.96. The second-order valence-electron chi connectivity index (χ2n) is 9.48. The van der Waals surface area contributed by atoms with E-state index in [0.717, 1.165) is 42.5 Å². The average molecular weight is 503 g/mol. The predicted molar refractivity (Wildman–Crippen MR) is 140 cm³/mol. The number of H-pyrrole nitrogens is 1. The van der Waals surface area contributed by atoms with Gasteiger partial charge in [0.2, 0.25) is 0 Å². The van der Waals surface area contributed by atoms with Crippen LogP contribution < -0.4 is 5.69 Å². The quantitative estimate of drug-likeness (QED) is 0.347. The van der Waals surface area contributed by atoms with Crippen LogP contribution in [0.2, 0.25) is 0 Å². The van der Waals surface area contributed by atoms with Gasteiger partial charge in [0.25, 0.3) is 0 Å². The third-order valence-electron chi connectivity index (χ3n) is 6.96. The Morgan fingerprint density at radius 1 is 1.19 bits per heavy atom. The van der Waals surface area contributed by atoms with Gasteiger partial charge < -0.3 is 4.57 Å². The Balaban J connectivity index is 1.62. The van der Waals surface area contributed by atoms with Gasteiger partial charge in [0.15, 0.2) is 17.5 Å². The lowest BCUT2D eigenvalue weighted by molar-refractivity contribution is 0.437. The van der Waals surface area contributed by atoms with Gasteiger partial charge in [-0.25, -0.2) is 14.3 Å². The maximum atomic E-state index is 14.9. The number of nitrogens with zero attached hydrogens (tertiary/aromatic N) is 7. The van der Waals surface area contributed by atoms with Crippen molar-refractivity contribution in [2.45, 2.75) is 64.5 Å². The van der Waals surface area contributed by atoms with Crippen LogP contribution in [0.3, 0.4) is 0 Å². The van der Waals surface area contributed by atoms with E-state index in [1.807, 2.05) is 46.7 Å². The lowest BCUT2D eigenvalue weighted by Gasteiger charge is -2.32. The molecule has 1 atom stereocenters. The molecule has 3 aromatic heterocycles. The molecule has 1 aromatic carbocycles. The van der Waals surface area contributed by atoms with Gasteiger partial charge in [0, 0.05) is 54.6 Å². The topological polar surface area (TPSA) is 98.7 Å². The predicted octanol–water partition coefficient (Wildman–Crippen LogP) is 4.44. The molecule has 9 nitrogen and oxygen atoms in total. The van der Waals surface area contributed by atoms with Crippen LogP contribution in [0, 0.1) is 5.82 Å². The van der Waals surface area contributed by atoms with E-state index >= 15 is 0 Å². The van der Waals surface area contributed by atoms with Crippen molar-refractivity contribution in [1.82, 2.24) is 34.3 Å². The van der Waals surface area contributed by atoms with Gasteiger partial charge in [-0.3, -0.25) is 14.1 Å². The summed E-state index contributed by atoms with van der Waals surface area (Å²) in [6.45, 7) is 5.19. The first kappa shape index (κ1) is 24.6. The number of hydrogen-bond acceptors (Lipinski definition) is 5. The summed E-state index contributed by atoms with van der Waals surface area (Å²) in [6, 6.07) is 9.43. The molecule has 0 saturated carbocycles. The molecule has 0 fully saturated rings. The molecule has 4 aromatic rings. The molecule has 37 heavy (non-hydrogen) atoms. The monoisotopic (exact) mass is 502 g/mol. The molecule has 1 unspecified atom stereocenters. The first-order chi connectivity index (χ1) is 18.1. The molecular formula is C27H31FN8O. The molecule has 5 rings (SSSR count). The summed E-state index contributed by atoms with van der Waals surface area (Å²) in [4.78, 5) is 18.2. The Kier molecular flexibility index (Phi) is 6.98. The Hall–Kier alpha value is -4.08. The molecule has 1 aliphatic rings. The van der Waals surface area contributed by atoms with Crippen LogP contribution >= 0.6 is 0 Å². The summed E-state index contributed by atoms with van der Waals surface area (Å²) in [5.41, 5.74) is 2.00. The SMILES string of the molecule is CCCCc1cn(-c2c(F)ccn2CCC)c(=O)n1CC1(c2cccc(-c3nnn[nH]3)c2)C=CN=CC1. The van der Waals surface area contributed by atoms with Gasteiger partial charge in [0.1, 0.15) is 0 Å². The molecular weight excluding hydrogens is 471 g/mol. The molecule has 4 heterocycles. The maximum absolute atomic E-state index is 14.9. The van der Waals surface area contributed by atoms with E-state index in [1.54, 1.807) is 12.4 Å². The Morgan fingerprint density at radius 2 is 2.08 bits per heavy atom. The summed E-state index contributed by atoms with van der Waals surface area (Å²) in [5.74, 6) is 0.463. The molecule has 1 N–H and O–H groups in total. The van der Waals surface area contributed by atoms with Gasteiger partial charge in [-0.1, -0.05) is 44.5 Å². The number of hydrogen-bond donors (Lipinski definition) is 1. The van der Waals surface area contributed by atoms with Crippen molar-refractivity contribution in [3.63, 3.8) is 0 Å². The van der Waals surface area contributed by atoms with Crippen molar-refractivity contribution in [2.75, 3.05) is 0 Å². The van der Waals surface area contributed by atoms with Crippen molar-refractivity contribution in [1.29, 1.82) is 0 Å². The van der Waals surface area contributed by atoms with Crippen LogP contribution in [0.4, 0.5) is 4.39 Å².